The molecular formula is C15H17N3O3. The Bertz CT molecular complexity index is 761. The van der Waals surface area contributed by atoms with Crippen LogP contribution >= 0.6 is 0 Å². The van der Waals surface area contributed by atoms with E-state index in [2.05, 4.69) is 15.5 Å². The first-order valence-electron chi connectivity index (χ1n) is 7.09. The van der Waals surface area contributed by atoms with Gasteiger partial charge in [0.15, 0.2) is 0 Å². The Morgan fingerprint density at radius 2 is 2.05 bits per heavy atom. The highest BCUT2D eigenvalue weighted by molar-refractivity contribution is 6.01. The number of H-pyrrole nitrogens is 1. The van der Waals surface area contributed by atoms with Gasteiger partial charge in [0.2, 0.25) is 0 Å². The van der Waals surface area contributed by atoms with Crippen LogP contribution in [0.25, 0.3) is 10.8 Å². The van der Waals surface area contributed by atoms with Crippen LogP contribution in [0.5, 0.6) is 0 Å². The van der Waals surface area contributed by atoms with E-state index < -0.39 is 5.97 Å². The van der Waals surface area contributed by atoms with E-state index in [1.54, 1.807) is 13.0 Å². The van der Waals surface area contributed by atoms with Gasteiger partial charge in [-0.25, -0.2) is 9.89 Å². The largest absolute Gasteiger partial charge is 0.478 e. The number of anilines is 1. The molecule has 2 aromatic rings. The number of carboxylic acids is 1. The zero-order valence-corrected chi connectivity index (χ0v) is 11.8. The Balaban J connectivity index is 2.16. The van der Waals surface area contributed by atoms with Crippen LogP contribution in [0.2, 0.25) is 0 Å². The molecule has 1 saturated carbocycles. The van der Waals surface area contributed by atoms with Crippen LogP contribution in [-0.2, 0) is 0 Å². The summed E-state index contributed by atoms with van der Waals surface area (Å²) in [4.78, 5) is 23.4. The number of benzene rings is 1. The van der Waals surface area contributed by atoms with Crippen LogP contribution < -0.4 is 10.9 Å². The molecule has 0 aliphatic heterocycles. The molecule has 1 heterocycles. The van der Waals surface area contributed by atoms with Crippen molar-refractivity contribution in [2.24, 2.45) is 0 Å². The molecule has 3 N–H and O–H groups in total. The van der Waals surface area contributed by atoms with E-state index in [1.807, 2.05) is 0 Å². The van der Waals surface area contributed by atoms with E-state index in [-0.39, 0.29) is 17.2 Å². The van der Waals surface area contributed by atoms with Crippen molar-refractivity contribution in [3.8, 4) is 0 Å². The van der Waals surface area contributed by atoms with Gasteiger partial charge in [-0.2, -0.15) is 5.10 Å². The second-order valence-corrected chi connectivity index (χ2v) is 5.51. The first-order chi connectivity index (χ1) is 10.1. The van der Waals surface area contributed by atoms with Gasteiger partial charge in [0.1, 0.15) is 0 Å². The monoisotopic (exact) mass is 287 g/mol. The highest BCUT2D eigenvalue weighted by atomic mass is 16.4. The smallest absolute Gasteiger partial charge is 0.337 e. The van der Waals surface area contributed by atoms with Crippen molar-refractivity contribution < 1.29 is 9.90 Å². The van der Waals surface area contributed by atoms with E-state index in [0.717, 1.165) is 25.7 Å². The highest BCUT2D eigenvalue weighted by Crippen LogP contribution is 2.28. The number of nitrogens with zero attached hydrogens (tertiary/aromatic N) is 1. The Morgan fingerprint density at radius 3 is 2.71 bits per heavy atom. The average Bonchev–Trinajstić information content (AvgIpc) is 2.95. The Morgan fingerprint density at radius 1 is 1.33 bits per heavy atom. The molecule has 0 saturated heterocycles. The number of carbonyl (C=O) groups is 1. The number of hydrogen-bond acceptors (Lipinski definition) is 4. The molecule has 0 radical (unpaired) electrons. The lowest BCUT2D eigenvalue weighted by Gasteiger charge is -2.16. The fraction of sp³-hybridized carbons (Fsp3) is 0.400. The number of aromatic amines is 1. The summed E-state index contributed by atoms with van der Waals surface area (Å²) >= 11 is 0. The van der Waals surface area contributed by atoms with Crippen LogP contribution in [0, 0.1) is 6.92 Å². The van der Waals surface area contributed by atoms with Gasteiger partial charge in [-0.15, -0.1) is 0 Å². The lowest BCUT2D eigenvalue weighted by molar-refractivity contribution is 0.0698. The van der Waals surface area contributed by atoms with Gasteiger partial charge in [-0.1, -0.05) is 12.8 Å². The Hall–Kier alpha value is -2.37. The molecule has 110 valence electrons. The number of aryl methyl sites for hydroxylation is 1. The number of nitrogens with one attached hydrogen (secondary N) is 2. The van der Waals surface area contributed by atoms with E-state index in [9.17, 15) is 14.7 Å². The summed E-state index contributed by atoms with van der Waals surface area (Å²) in [5.74, 6) is -1.00. The average molecular weight is 287 g/mol. The normalized spacial score (nSPS) is 15.5. The minimum absolute atomic E-state index is 0.185. The van der Waals surface area contributed by atoms with Gasteiger partial charge in [0.05, 0.1) is 16.6 Å². The van der Waals surface area contributed by atoms with Crippen molar-refractivity contribution in [2.75, 3.05) is 5.32 Å². The number of aromatic carboxylic acids is 1. The molecule has 6 heteroatoms. The minimum atomic E-state index is -1.00. The molecule has 21 heavy (non-hydrogen) atoms. The van der Waals surface area contributed by atoms with Gasteiger partial charge >= 0.3 is 5.97 Å². The summed E-state index contributed by atoms with van der Waals surface area (Å²) in [6.45, 7) is 1.74. The Labute approximate surface area is 121 Å². The van der Waals surface area contributed by atoms with Crippen molar-refractivity contribution in [3.63, 3.8) is 0 Å². The van der Waals surface area contributed by atoms with Gasteiger partial charge in [0, 0.05) is 17.1 Å². The molecule has 1 aromatic heterocycles. The maximum atomic E-state index is 11.9. The van der Waals surface area contributed by atoms with Crippen LogP contribution in [0.15, 0.2) is 16.9 Å². The lowest BCUT2D eigenvalue weighted by atomic mass is 10.0. The number of aromatic nitrogens is 2. The van der Waals surface area contributed by atoms with Crippen molar-refractivity contribution >= 4 is 22.4 Å². The molecule has 0 unspecified atom stereocenters. The standard InChI is InChI=1S/C15H17N3O3/c1-8-10-6-12(15(20)21)13(16-9-4-2-3-5-9)7-11(10)14(19)18-17-8/h6-7,9,16H,2-5H2,1H3,(H,18,19)(H,20,21). The molecule has 0 spiro atoms. The molecule has 6 nitrogen and oxygen atoms in total. The summed E-state index contributed by atoms with van der Waals surface area (Å²) in [6.07, 6.45) is 4.36. The van der Waals surface area contributed by atoms with Crippen molar-refractivity contribution in [2.45, 2.75) is 38.6 Å². The van der Waals surface area contributed by atoms with E-state index >= 15 is 0 Å². The van der Waals surface area contributed by atoms with Crippen molar-refractivity contribution in [1.82, 2.24) is 10.2 Å². The maximum absolute atomic E-state index is 11.9. The summed E-state index contributed by atoms with van der Waals surface area (Å²) in [7, 11) is 0. The van der Waals surface area contributed by atoms with Gasteiger partial charge in [-0.05, 0) is 31.9 Å². The zero-order chi connectivity index (χ0) is 15.0. The van der Waals surface area contributed by atoms with Crippen LogP contribution in [0.1, 0.15) is 41.7 Å². The highest BCUT2D eigenvalue weighted by Gasteiger charge is 2.19. The lowest BCUT2D eigenvalue weighted by Crippen LogP contribution is -2.18. The number of fused-ring (bicyclic) bond motifs is 1. The van der Waals surface area contributed by atoms with E-state index in [4.69, 9.17) is 0 Å². The van der Waals surface area contributed by atoms with Crippen molar-refractivity contribution in [1.29, 1.82) is 0 Å². The summed E-state index contributed by atoms with van der Waals surface area (Å²) in [5.41, 5.74) is 1.00. The fourth-order valence-corrected chi connectivity index (χ4v) is 2.93. The minimum Gasteiger partial charge on any atom is -0.478 e. The van der Waals surface area contributed by atoms with E-state index in [0.29, 0.717) is 22.2 Å². The molecule has 1 aliphatic rings. The predicted octanol–water partition coefficient (Wildman–Crippen LogP) is 2.28. The molecule has 0 atom stereocenters. The van der Waals surface area contributed by atoms with Gasteiger partial charge in [0.25, 0.3) is 5.56 Å². The Kier molecular flexibility index (Phi) is 3.37. The molecule has 0 amide bonds. The zero-order valence-electron chi connectivity index (χ0n) is 11.8. The maximum Gasteiger partial charge on any atom is 0.337 e. The first kappa shape index (κ1) is 13.6. The SMILES string of the molecule is Cc1n[nH]c(=O)c2cc(NC3CCCC3)c(C(=O)O)cc12. The summed E-state index contributed by atoms with van der Waals surface area (Å²) in [5, 5.41) is 20.1. The fourth-order valence-electron chi connectivity index (χ4n) is 2.93. The topological polar surface area (TPSA) is 95.1 Å². The molecule has 1 fully saturated rings. The number of carboxylic acid groups (broad SMARTS) is 1. The third kappa shape index (κ3) is 2.49. The molecular weight excluding hydrogens is 270 g/mol. The third-order valence-electron chi connectivity index (χ3n) is 4.06. The van der Waals surface area contributed by atoms with Gasteiger partial charge in [-0.3, -0.25) is 4.79 Å². The molecule has 0 bridgehead atoms. The second kappa shape index (κ2) is 5.20. The summed E-state index contributed by atoms with van der Waals surface area (Å²) < 4.78 is 0. The third-order valence-corrected chi connectivity index (χ3v) is 4.06. The quantitative estimate of drug-likeness (QED) is 0.805. The molecule has 1 aliphatic carbocycles. The van der Waals surface area contributed by atoms with Gasteiger partial charge < -0.3 is 10.4 Å². The van der Waals surface area contributed by atoms with Crippen LogP contribution in [-0.4, -0.2) is 27.3 Å². The molecule has 3 rings (SSSR count). The van der Waals surface area contributed by atoms with Crippen molar-refractivity contribution in [3.05, 3.63) is 33.7 Å². The summed E-state index contributed by atoms with van der Waals surface area (Å²) in [6, 6.07) is 3.44. The first-order valence-corrected chi connectivity index (χ1v) is 7.09. The number of hydrogen-bond donors (Lipinski definition) is 3. The number of rotatable bonds is 3. The molecule has 1 aromatic carbocycles. The second-order valence-electron chi connectivity index (χ2n) is 5.51. The van der Waals surface area contributed by atoms with E-state index in [1.165, 1.54) is 6.07 Å². The predicted molar refractivity (Wildman–Crippen MR) is 79.9 cm³/mol. The van der Waals surface area contributed by atoms with Crippen LogP contribution in [0.4, 0.5) is 5.69 Å². The van der Waals surface area contributed by atoms with Crippen LogP contribution in [0.3, 0.4) is 0 Å².